The van der Waals surface area contributed by atoms with Gasteiger partial charge in [-0.1, -0.05) is 37.8 Å². The molecule has 0 aromatic heterocycles. The van der Waals surface area contributed by atoms with Gasteiger partial charge in [0.15, 0.2) is 0 Å². The van der Waals surface area contributed by atoms with E-state index >= 15 is 0 Å². The van der Waals surface area contributed by atoms with Gasteiger partial charge in [0.05, 0.1) is 6.61 Å². The number of ether oxygens (including phenoxy) is 1. The van der Waals surface area contributed by atoms with Crippen molar-refractivity contribution in [1.29, 1.82) is 0 Å². The molecule has 0 aliphatic heterocycles. The Morgan fingerprint density at radius 1 is 1.14 bits per heavy atom. The molecule has 0 unspecified atom stereocenters. The normalized spacial score (nSPS) is 11.4. The van der Waals surface area contributed by atoms with Crippen molar-refractivity contribution in [3.05, 3.63) is 30.3 Å². The fourth-order valence-corrected chi connectivity index (χ4v) is 3.89. The summed E-state index contributed by atoms with van der Waals surface area (Å²) in [6.45, 7) is 7.90. The second-order valence-corrected chi connectivity index (χ2v) is 13.6. The zero-order chi connectivity index (χ0) is 10.4. The maximum absolute atomic E-state index is 5.60. The highest BCUT2D eigenvalue weighted by Crippen LogP contribution is 2.19. The SMILES string of the molecule is C[Si](C)(C)SCCOc1ccccc1. The number of hydrogen-bond acceptors (Lipinski definition) is 2. The summed E-state index contributed by atoms with van der Waals surface area (Å²) in [7, 11) is -0.959. The molecular weight excluding hydrogens is 208 g/mol. The van der Waals surface area contributed by atoms with Crippen LogP contribution in [0.25, 0.3) is 0 Å². The third-order valence-electron chi connectivity index (χ3n) is 1.63. The van der Waals surface area contributed by atoms with Gasteiger partial charge in [0.25, 0.3) is 0 Å². The predicted molar refractivity (Wildman–Crippen MR) is 67.7 cm³/mol. The van der Waals surface area contributed by atoms with E-state index < -0.39 is 7.22 Å². The molecule has 78 valence electrons. The molecule has 0 spiro atoms. The van der Waals surface area contributed by atoms with Crippen molar-refractivity contribution in [1.82, 2.24) is 0 Å². The maximum atomic E-state index is 5.60. The highest BCUT2D eigenvalue weighted by Gasteiger charge is 2.12. The average Bonchev–Trinajstić information content (AvgIpc) is 2.13. The molecule has 0 fully saturated rings. The fourth-order valence-electron chi connectivity index (χ4n) is 1.02. The highest BCUT2D eigenvalue weighted by molar-refractivity contribution is 8.28. The summed E-state index contributed by atoms with van der Waals surface area (Å²) in [5.74, 6) is 2.08. The smallest absolute Gasteiger partial charge is 0.119 e. The Morgan fingerprint density at radius 3 is 2.36 bits per heavy atom. The largest absolute Gasteiger partial charge is 0.493 e. The summed E-state index contributed by atoms with van der Waals surface area (Å²) >= 11 is 2.07. The quantitative estimate of drug-likeness (QED) is 0.560. The van der Waals surface area contributed by atoms with Crippen LogP contribution in [0.2, 0.25) is 19.6 Å². The van der Waals surface area contributed by atoms with E-state index in [9.17, 15) is 0 Å². The summed E-state index contributed by atoms with van der Waals surface area (Å²) in [6, 6.07) is 10.0. The minimum atomic E-state index is -0.959. The lowest BCUT2D eigenvalue weighted by Gasteiger charge is -2.15. The minimum absolute atomic E-state index is 0.818. The Kier molecular flexibility index (Phi) is 4.55. The van der Waals surface area contributed by atoms with Crippen molar-refractivity contribution in [2.24, 2.45) is 0 Å². The predicted octanol–water partition coefficient (Wildman–Crippen LogP) is 3.63. The molecule has 0 heterocycles. The minimum Gasteiger partial charge on any atom is -0.493 e. The van der Waals surface area contributed by atoms with E-state index in [1.165, 1.54) is 0 Å². The first kappa shape index (κ1) is 11.7. The van der Waals surface area contributed by atoms with Gasteiger partial charge in [0, 0.05) is 5.75 Å². The molecule has 1 aromatic carbocycles. The van der Waals surface area contributed by atoms with Crippen molar-refractivity contribution in [2.75, 3.05) is 12.4 Å². The first-order chi connectivity index (χ1) is 6.58. The molecule has 1 rings (SSSR count). The van der Waals surface area contributed by atoms with Crippen LogP contribution in [0, 0.1) is 0 Å². The van der Waals surface area contributed by atoms with Crippen LogP contribution in [0.15, 0.2) is 30.3 Å². The monoisotopic (exact) mass is 226 g/mol. The number of benzene rings is 1. The molecule has 0 N–H and O–H groups in total. The molecule has 0 bridgehead atoms. The van der Waals surface area contributed by atoms with Gasteiger partial charge in [-0.3, -0.25) is 0 Å². The van der Waals surface area contributed by atoms with Gasteiger partial charge < -0.3 is 4.74 Å². The lowest BCUT2D eigenvalue weighted by atomic mass is 10.3. The second-order valence-electron chi connectivity index (χ2n) is 4.12. The third-order valence-corrected chi connectivity index (χ3v) is 6.08. The second kappa shape index (κ2) is 5.46. The van der Waals surface area contributed by atoms with Crippen LogP contribution in [-0.4, -0.2) is 19.6 Å². The molecule has 14 heavy (non-hydrogen) atoms. The van der Waals surface area contributed by atoms with E-state index in [-0.39, 0.29) is 0 Å². The molecule has 1 aromatic rings. The highest BCUT2D eigenvalue weighted by atomic mass is 32.4. The van der Waals surface area contributed by atoms with Crippen LogP contribution < -0.4 is 4.74 Å². The van der Waals surface area contributed by atoms with Gasteiger partial charge in [-0.25, -0.2) is 0 Å². The summed E-state index contributed by atoms with van der Waals surface area (Å²) in [4.78, 5) is 0. The molecule has 3 heteroatoms. The summed E-state index contributed by atoms with van der Waals surface area (Å²) in [5, 5.41) is 0. The van der Waals surface area contributed by atoms with Gasteiger partial charge >= 0.3 is 0 Å². The number of hydrogen-bond donors (Lipinski definition) is 0. The lowest BCUT2D eigenvalue weighted by Crippen LogP contribution is -2.16. The van der Waals surface area contributed by atoms with Crippen molar-refractivity contribution in [3.63, 3.8) is 0 Å². The van der Waals surface area contributed by atoms with E-state index in [1.54, 1.807) is 0 Å². The molecule has 0 aliphatic carbocycles. The standard InChI is InChI=1S/C11H18OSSi/c1-14(2,3)13-10-9-12-11-7-5-4-6-8-11/h4-8H,9-10H2,1-3H3. The van der Waals surface area contributed by atoms with E-state index in [2.05, 4.69) is 30.9 Å². The van der Waals surface area contributed by atoms with Gasteiger partial charge in [0.1, 0.15) is 13.0 Å². The Morgan fingerprint density at radius 2 is 1.79 bits per heavy atom. The average molecular weight is 226 g/mol. The zero-order valence-corrected chi connectivity index (χ0v) is 10.9. The Balaban J connectivity index is 2.17. The number of para-hydroxylation sites is 1. The van der Waals surface area contributed by atoms with Crippen LogP contribution in [0.3, 0.4) is 0 Å². The Hall–Kier alpha value is -0.413. The van der Waals surface area contributed by atoms with Crippen LogP contribution >= 0.6 is 11.2 Å². The first-order valence-electron chi connectivity index (χ1n) is 4.90. The molecule has 1 nitrogen and oxygen atoms in total. The first-order valence-corrected chi connectivity index (χ1v) is 10.1. The summed E-state index contributed by atoms with van der Waals surface area (Å²) < 4.78 is 5.60. The van der Waals surface area contributed by atoms with Crippen LogP contribution in [0.1, 0.15) is 0 Å². The van der Waals surface area contributed by atoms with Crippen molar-refractivity contribution < 1.29 is 4.74 Å². The van der Waals surface area contributed by atoms with Crippen LogP contribution in [-0.2, 0) is 0 Å². The molecule has 0 radical (unpaired) electrons. The Bertz CT molecular complexity index is 256. The topological polar surface area (TPSA) is 9.23 Å². The lowest BCUT2D eigenvalue weighted by molar-refractivity contribution is 0.344. The summed E-state index contributed by atoms with van der Waals surface area (Å²) in [5.41, 5.74) is 0. The summed E-state index contributed by atoms with van der Waals surface area (Å²) in [6.07, 6.45) is 0. The van der Waals surface area contributed by atoms with Crippen LogP contribution in [0.5, 0.6) is 5.75 Å². The fraction of sp³-hybridized carbons (Fsp3) is 0.455. The van der Waals surface area contributed by atoms with Crippen LogP contribution in [0.4, 0.5) is 0 Å². The molecule has 0 saturated heterocycles. The van der Waals surface area contributed by atoms with Crippen molar-refractivity contribution >= 4 is 18.4 Å². The molecule has 0 saturated carbocycles. The Labute approximate surface area is 91.5 Å². The van der Waals surface area contributed by atoms with Gasteiger partial charge in [-0.2, -0.15) is 11.2 Å². The van der Waals surface area contributed by atoms with E-state index in [0.29, 0.717) is 0 Å². The van der Waals surface area contributed by atoms with Gasteiger partial charge in [-0.05, 0) is 12.1 Å². The molecule has 0 amide bonds. The maximum Gasteiger partial charge on any atom is 0.119 e. The van der Waals surface area contributed by atoms with Crippen molar-refractivity contribution in [3.8, 4) is 5.75 Å². The van der Waals surface area contributed by atoms with E-state index in [4.69, 9.17) is 4.74 Å². The van der Waals surface area contributed by atoms with Gasteiger partial charge in [-0.15, -0.1) is 0 Å². The van der Waals surface area contributed by atoms with E-state index in [0.717, 1.165) is 18.1 Å². The van der Waals surface area contributed by atoms with Crippen molar-refractivity contribution in [2.45, 2.75) is 19.6 Å². The zero-order valence-electron chi connectivity index (χ0n) is 9.12. The molecule has 0 atom stereocenters. The van der Waals surface area contributed by atoms with E-state index in [1.807, 2.05) is 30.3 Å². The van der Waals surface area contributed by atoms with Gasteiger partial charge in [0.2, 0.25) is 0 Å². The number of rotatable bonds is 5. The molecular formula is C11H18OSSi. The molecule has 0 aliphatic rings. The third kappa shape index (κ3) is 5.35.